The molecular weight excluding hydrogens is 296 g/mol. The number of nitrogens with one attached hydrogen (secondary N) is 1. The third-order valence-corrected chi connectivity index (χ3v) is 5.15. The molecule has 3 nitrogen and oxygen atoms in total. The van der Waals surface area contributed by atoms with Gasteiger partial charge >= 0.3 is 0 Å². The van der Waals surface area contributed by atoms with Gasteiger partial charge in [-0.25, -0.2) is 0 Å². The highest BCUT2D eigenvalue weighted by molar-refractivity contribution is 6.07. The third kappa shape index (κ3) is 1.94. The highest BCUT2D eigenvalue weighted by atomic mass is 16.3. The second-order valence-corrected chi connectivity index (χ2v) is 6.58. The molecule has 0 spiro atoms. The van der Waals surface area contributed by atoms with E-state index in [1.54, 1.807) is 12.1 Å². The molecule has 24 heavy (non-hydrogen) atoms. The van der Waals surface area contributed by atoms with Crippen molar-refractivity contribution >= 4 is 21.8 Å². The number of benzene rings is 2. The Bertz CT molecular complexity index is 1060. The van der Waals surface area contributed by atoms with E-state index in [0.29, 0.717) is 5.75 Å². The van der Waals surface area contributed by atoms with Gasteiger partial charge in [-0.1, -0.05) is 6.07 Å². The van der Waals surface area contributed by atoms with E-state index in [1.165, 1.54) is 40.4 Å². The highest BCUT2D eigenvalue weighted by Gasteiger charge is 2.20. The molecule has 2 aromatic carbocycles. The van der Waals surface area contributed by atoms with Crippen molar-refractivity contribution < 1.29 is 5.11 Å². The van der Waals surface area contributed by atoms with Crippen molar-refractivity contribution in [2.45, 2.75) is 25.7 Å². The van der Waals surface area contributed by atoms with Crippen LogP contribution in [0.25, 0.3) is 33.1 Å². The average Bonchev–Trinajstić information content (AvgIpc) is 3.10. The Balaban J connectivity index is 1.88. The zero-order valence-corrected chi connectivity index (χ0v) is 13.3. The molecule has 0 amide bonds. The topological polar surface area (TPSA) is 48.9 Å². The molecule has 0 radical (unpaired) electrons. The first kappa shape index (κ1) is 13.6. The van der Waals surface area contributed by atoms with Crippen LogP contribution in [0.1, 0.15) is 24.0 Å². The molecule has 2 heterocycles. The van der Waals surface area contributed by atoms with Crippen molar-refractivity contribution in [2.75, 3.05) is 0 Å². The Morgan fingerprint density at radius 2 is 1.67 bits per heavy atom. The number of phenols is 1. The Labute approximate surface area is 140 Å². The lowest BCUT2D eigenvalue weighted by Crippen LogP contribution is -2.08. The normalized spacial score (nSPS) is 14.2. The summed E-state index contributed by atoms with van der Waals surface area (Å²) in [7, 11) is 0. The van der Waals surface area contributed by atoms with Crippen LogP contribution in [0.5, 0.6) is 5.75 Å². The number of aromatic nitrogens is 2. The molecule has 1 aliphatic carbocycles. The van der Waals surface area contributed by atoms with Gasteiger partial charge < -0.3 is 10.1 Å². The lowest BCUT2D eigenvalue weighted by Gasteiger charge is -2.22. The minimum Gasteiger partial charge on any atom is -0.508 e. The fraction of sp³-hybridized carbons (Fsp3) is 0.190. The first-order valence-corrected chi connectivity index (χ1v) is 8.52. The van der Waals surface area contributed by atoms with Crippen molar-refractivity contribution in [2.24, 2.45) is 0 Å². The number of aryl methyl sites for hydroxylation is 1. The zero-order chi connectivity index (χ0) is 16.1. The summed E-state index contributed by atoms with van der Waals surface area (Å²) in [4.78, 5) is 8.27. The van der Waals surface area contributed by atoms with Crippen molar-refractivity contribution in [3.8, 4) is 17.0 Å². The van der Waals surface area contributed by atoms with Crippen LogP contribution in [0.3, 0.4) is 0 Å². The van der Waals surface area contributed by atoms with E-state index in [1.807, 2.05) is 18.3 Å². The summed E-state index contributed by atoms with van der Waals surface area (Å²) in [6.45, 7) is 0. The highest BCUT2D eigenvalue weighted by Crippen LogP contribution is 2.37. The molecule has 0 aliphatic heterocycles. The van der Waals surface area contributed by atoms with Crippen molar-refractivity contribution in [3.05, 3.63) is 59.8 Å². The molecule has 1 aliphatic rings. The van der Waals surface area contributed by atoms with Crippen molar-refractivity contribution in [3.63, 3.8) is 0 Å². The SMILES string of the molecule is Oc1ccc(-c2[nH]c3ccc4ccnc4c3c3c2CCCC3)cc1. The van der Waals surface area contributed by atoms with E-state index >= 15 is 0 Å². The van der Waals surface area contributed by atoms with Gasteiger partial charge in [0, 0.05) is 28.2 Å². The standard InChI is InChI=1S/C21H18N2O/c24-15-8-5-13(6-9-15)20-17-4-2-1-3-16(17)19-18(23-20)10-7-14-11-12-22-21(14)19/h5-12,23-24H,1-4H2. The van der Waals surface area contributed by atoms with Crippen LogP contribution in [0.15, 0.2) is 48.7 Å². The smallest absolute Gasteiger partial charge is 0.115 e. The van der Waals surface area contributed by atoms with E-state index in [2.05, 4.69) is 28.2 Å². The molecule has 0 saturated carbocycles. The van der Waals surface area contributed by atoms with Gasteiger partial charge in [0.1, 0.15) is 5.75 Å². The number of rotatable bonds is 1. The summed E-state index contributed by atoms with van der Waals surface area (Å²) in [5.41, 5.74) is 7.42. The van der Waals surface area contributed by atoms with Gasteiger partial charge in [-0.2, -0.15) is 0 Å². The van der Waals surface area contributed by atoms with Gasteiger partial charge in [0.25, 0.3) is 0 Å². The van der Waals surface area contributed by atoms with E-state index < -0.39 is 0 Å². The second-order valence-electron chi connectivity index (χ2n) is 6.58. The number of hydrogen-bond acceptors (Lipinski definition) is 2. The maximum absolute atomic E-state index is 9.59. The van der Waals surface area contributed by atoms with Crippen LogP contribution in [0.4, 0.5) is 0 Å². The molecule has 0 bridgehead atoms. The molecule has 2 aromatic heterocycles. The first-order chi connectivity index (χ1) is 11.8. The van der Waals surface area contributed by atoms with Crippen molar-refractivity contribution in [1.29, 1.82) is 0 Å². The second kappa shape index (κ2) is 5.10. The molecule has 0 atom stereocenters. The van der Waals surface area contributed by atoms with E-state index in [4.69, 9.17) is 0 Å². The molecule has 2 N–H and O–H groups in total. The lowest BCUT2D eigenvalue weighted by atomic mass is 9.86. The number of nitrogens with zero attached hydrogens (tertiary/aromatic N) is 1. The number of aromatic hydroxyl groups is 1. The molecular formula is C21H18N2O. The molecule has 5 rings (SSSR count). The molecule has 0 unspecified atom stereocenters. The quantitative estimate of drug-likeness (QED) is 0.521. The predicted octanol–water partition coefficient (Wildman–Crippen LogP) is 4.97. The minimum absolute atomic E-state index is 0.302. The summed E-state index contributed by atoms with van der Waals surface area (Å²) in [6, 6.07) is 13.9. The summed E-state index contributed by atoms with van der Waals surface area (Å²) in [5.74, 6) is 0.302. The van der Waals surface area contributed by atoms with Crippen molar-refractivity contribution in [1.82, 2.24) is 9.97 Å². The number of aromatic amines is 1. The van der Waals surface area contributed by atoms with Crippen LogP contribution in [0.2, 0.25) is 0 Å². The van der Waals surface area contributed by atoms with Crippen LogP contribution in [-0.4, -0.2) is 15.1 Å². The third-order valence-electron chi connectivity index (χ3n) is 5.15. The van der Waals surface area contributed by atoms with Crippen LogP contribution in [0, 0.1) is 0 Å². The van der Waals surface area contributed by atoms with Gasteiger partial charge in [-0.15, -0.1) is 0 Å². The van der Waals surface area contributed by atoms with E-state index in [0.717, 1.165) is 29.4 Å². The maximum atomic E-state index is 9.59. The van der Waals surface area contributed by atoms with Gasteiger partial charge in [0.05, 0.1) is 5.52 Å². The molecule has 4 aromatic rings. The monoisotopic (exact) mass is 314 g/mol. The maximum Gasteiger partial charge on any atom is 0.115 e. The Morgan fingerprint density at radius 1 is 0.875 bits per heavy atom. The number of H-pyrrole nitrogens is 1. The lowest BCUT2D eigenvalue weighted by molar-refractivity contribution is 0.475. The van der Waals surface area contributed by atoms with Gasteiger partial charge in [0.2, 0.25) is 0 Å². The summed E-state index contributed by atoms with van der Waals surface area (Å²) in [5, 5.41) is 12.1. The Morgan fingerprint density at radius 3 is 2.50 bits per heavy atom. The minimum atomic E-state index is 0.302. The fourth-order valence-electron chi connectivity index (χ4n) is 4.02. The average molecular weight is 314 g/mol. The largest absolute Gasteiger partial charge is 0.508 e. The molecule has 0 saturated heterocycles. The number of phenolic OH excluding ortho intramolecular Hbond substituents is 1. The zero-order valence-electron chi connectivity index (χ0n) is 13.3. The molecule has 118 valence electrons. The number of fused-ring (bicyclic) bond motifs is 5. The van der Waals surface area contributed by atoms with Gasteiger partial charge in [0.15, 0.2) is 0 Å². The first-order valence-electron chi connectivity index (χ1n) is 8.52. The predicted molar refractivity (Wildman–Crippen MR) is 97.3 cm³/mol. The summed E-state index contributed by atoms with van der Waals surface area (Å²) < 4.78 is 0. The summed E-state index contributed by atoms with van der Waals surface area (Å²) in [6.07, 6.45) is 6.56. The fourth-order valence-corrected chi connectivity index (χ4v) is 4.02. The van der Waals surface area contributed by atoms with E-state index in [-0.39, 0.29) is 0 Å². The number of hydrogen-bond donors (Lipinski definition) is 2. The van der Waals surface area contributed by atoms with Crippen LogP contribution < -0.4 is 0 Å². The Hall–Kier alpha value is -2.81. The summed E-state index contributed by atoms with van der Waals surface area (Å²) >= 11 is 0. The molecule has 0 fully saturated rings. The molecule has 3 heteroatoms. The van der Waals surface area contributed by atoms with Crippen LogP contribution >= 0.6 is 0 Å². The van der Waals surface area contributed by atoms with Gasteiger partial charge in [-0.05, 0) is 78.8 Å². The van der Waals surface area contributed by atoms with E-state index in [9.17, 15) is 5.11 Å². The number of pyridine rings is 1. The Kier molecular flexibility index (Phi) is 2.89. The van der Waals surface area contributed by atoms with Gasteiger partial charge in [-0.3, -0.25) is 4.98 Å². The van der Waals surface area contributed by atoms with Crippen LogP contribution in [-0.2, 0) is 12.8 Å².